The molecule has 0 aromatic heterocycles. The first-order valence-electron chi connectivity index (χ1n) is 9.11. The van der Waals surface area contributed by atoms with E-state index in [0.717, 1.165) is 31.6 Å². The average molecular weight is 348 g/mol. The number of carbonyl (C=O) groups is 1. The summed E-state index contributed by atoms with van der Waals surface area (Å²) in [5.41, 5.74) is 0.961. The van der Waals surface area contributed by atoms with Crippen LogP contribution in [0.4, 0.5) is 0 Å². The molecule has 2 atom stereocenters. The molecule has 5 nitrogen and oxygen atoms in total. The highest BCUT2D eigenvalue weighted by Crippen LogP contribution is 2.33. The number of hydrogen-bond acceptors (Lipinski definition) is 4. The summed E-state index contributed by atoms with van der Waals surface area (Å²) in [6.45, 7) is 6.14. The van der Waals surface area contributed by atoms with E-state index in [-0.39, 0.29) is 5.91 Å². The molecular weight excluding hydrogens is 316 g/mol. The molecule has 2 N–H and O–H groups in total. The van der Waals surface area contributed by atoms with E-state index in [9.17, 15) is 4.79 Å². The first kappa shape index (κ1) is 19.7. The van der Waals surface area contributed by atoms with Crippen LogP contribution in [0, 0.1) is 5.41 Å². The van der Waals surface area contributed by atoms with Gasteiger partial charge in [0.1, 0.15) is 5.75 Å². The van der Waals surface area contributed by atoms with Crippen LogP contribution in [0.1, 0.15) is 44.6 Å². The zero-order valence-electron chi connectivity index (χ0n) is 15.9. The van der Waals surface area contributed by atoms with E-state index >= 15 is 0 Å². The molecule has 1 aliphatic rings. The van der Waals surface area contributed by atoms with Gasteiger partial charge in [-0.05, 0) is 49.4 Å². The van der Waals surface area contributed by atoms with Gasteiger partial charge in [0.15, 0.2) is 0 Å². The van der Waals surface area contributed by atoms with Gasteiger partial charge in [-0.25, -0.2) is 0 Å². The second kappa shape index (κ2) is 9.20. The summed E-state index contributed by atoms with van der Waals surface area (Å²) in [5, 5.41) is 6.55. The molecule has 5 heteroatoms. The van der Waals surface area contributed by atoms with Crippen LogP contribution in [0.25, 0.3) is 0 Å². The number of carbonyl (C=O) groups excluding carboxylic acids is 1. The largest absolute Gasteiger partial charge is 0.497 e. The highest BCUT2D eigenvalue weighted by Gasteiger charge is 2.33. The molecule has 1 fully saturated rings. The molecule has 1 amide bonds. The third kappa shape index (κ3) is 5.72. The minimum atomic E-state index is -0.396. The Kier molecular flexibility index (Phi) is 7.26. The maximum absolute atomic E-state index is 12.4. The number of nitrogens with one attached hydrogen (secondary N) is 2. The first-order chi connectivity index (χ1) is 12.0. The molecule has 140 valence electrons. The van der Waals surface area contributed by atoms with Gasteiger partial charge in [-0.3, -0.25) is 4.79 Å². The van der Waals surface area contributed by atoms with E-state index in [1.165, 1.54) is 5.56 Å². The summed E-state index contributed by atoms with van der Waals surface area (Å²) in [6.07, 6.45) is 3.02. The molecular formula is C20H32N2O3. The van der Waals surface area contributed by atoms with Crippen LogP contribution >= 0.6 is 0 Å². The standard InChI is InChI=1S/C20H32N2O3/c1-20(2,19(23)22-11-12-24-3)14-17-13-16(9-10-21-17)15-5-7-18(25-4)8-6-15/h5-8,16-17,21H,9-14H2,1-4H3,(H,22,23)/t16?,17-/m0/s1. The molecule has 0 aliphatic carbocycles. The van der Waals surface area contributed by atoms with Crippen LogP contribution in [0.3, 0.4) is 0 Å². The van der Waals surface area contributed by atoms with Crippen molar-refractivity contribution in [2.45, 2.75) is 45.1 Å². The fraction of sp³-hybridized carbons (Fsp3) is 0.650. The Hall–Kier alpha value is -1.59. The molecule has 0 spiro atoms. The molecule has 1 aliphatic heterocycles. The topological polar surface area (TPSA) is 59.6 Å². The van der Waals surface area contributed by atoms with Crippen LogP contribution < -0.4 is 15.4 Å². The second-order valence-corrected chi connectivity index (χ2v) is 7.48. The predicted octanol–water partition coefficient (Wildman–Crippen LogP) is 2.71. The van der Waals surface area contributed by atoms with Gasteiger partial charge in [0, 0.05) is 25.1 Å². The lowest BCUT2D eigenvalue weighted by atomic mass is 9.78. The van der Waals surface area contributed by atoms with Crippen molar-refractivity contribution in [1.29, 1.82) is 0 Å². The van der Waals surface area contributed by atoms with Gasteiger partial charge >= 0.3 is 0 Å². The summed E-state index contributed by atoms with van der Waals surface area (Å²) in [7, 11) is 3.33. The minimum Gasteiger partial charge on any atom is -0.497 e. The number of piperidine rings is 1. The zero-order chi connectivity index (χ0) is 18.3. The average Bonchev–Trinajstić information content (AvgIpc) is 2.61. The quantitative estimate of drug-likeness (QED) is 0.709. The van der Waals surface area contributed by atoms with Crippen LogP contribution in [-0.4, -0.2) is 45.9 Å². The molecule has 1 aromatic rings. The van der Waals surface area contributed by atoms with Crippen LogP contribution in [0.2, 0.25) is 0 Å². The van der Waals surface area contributed by atoms with E-state index in [4.69, 9.17) is 9.47 Å². The molecule has 1 saturated heterocycles. The van der Waals surface area contributed by atoms with E-state index in [1.54, 1.807) is 14.2 Å². The van der Waals surface area contributed by atoms with Gasteiger partial charge in [0.05, 0.1) is 13.7 Å². The molecule has 0 radical (unpaired) electrons. The molecule has 1 aromatic carbocycles. The van der Waals surface area contributed by atoms with Crippen molar-refractivity contribution in [3.05, 3.63) is 29.8 Å². The summed E-state index contributed by atoms with van der Waals surface area (Å²) < 4.78 is 10.2. The summed E-state index contributed by atoms with van der Waals surface area (Å²) in [6, 6.07) is 8.73. The Bertz CT molecular complexity index is 542. The number of benzene rings is 1. The maximum Gasteiger partial charge on any atom is 0.225 e. The number of amides is 1. The van der Waals surface area contributed by atoms with Gasteiger partial charge in [0.2, 0.25) is 5.91 Å². The molecule has 0 bridgehead atoms. The lowest BCUT2D eigenvalue weighted by Crippen LogP contribution is -2.45. The SMILES string of the molecule is COCCNC(=O)C(C)(C)C[C@@H]1CC(c2ccc(OC)cc2)CCN1. The zero-order valence-corrected chi connectivity index (χ0v) is 15.9. The highest BCUT2D eigenvalue weighted by molar-refractivity contribution is 5.81. The highest BCUT2D eigenvalue weighted by atomic mass is 16.5. The van der Waals surface area contributed by atoms with Crippen LogP contribution in [-0.2, 0) is 9.53 Å². The van der Waals surface area contributed by atoms with Gasteiger partial charge in [0.25, 0.3) is 0 Å². The predicted molar refractivity (Wildman–Crippen MR) is 100 cm³/mol. The Balaban J connectivity index is 1.92. The number of hydrogen-bond donors (Lipinski definition) is 2. The summed E-state index contributed by atoms with van der Waals surface area (Å²) >= 11 is 0. The van der Waals surface area contributed by atoms with E-state index in [0.29, 0.717) is 25.1 Å². The number of methoxy groups -OCH3 is 2. The fourth-order valence-electron chi connectivity index (χ4n) is 3.56. The van der Waals surface area contributed by atoms with Crippen LogP contribution in [0.5, 0.6) is 5.75 Å². The Morgan fingerprint density at radius 3 is 2.64 bits per heavy atom. The molecule has 1 unspecified atom stereocenters. The minimum absolute atomic E-state index is 0.0953. The smallest absolute Gasteiger partial charge is 0.225 e. The van der Waals surface area contributed by atoms with Gasteiger partial charge in [-0.15, -0.1) is 0 Å². The third-order valence-electron chi connectivity index (χ3n) is 5.05. The summed E-state index contributed by atoms with van der Waals surface area (Å²) in [5.74, 6) is 1.52. The molecule has 1 heterocycles. The van der Waals surface area contributed by atoms with Gasteiger partial charge in [-0.1, -0.05) is 26.0 Å². The monoisotopic (exact) mass is 348 g/mol. The fourth-order valence-corrected chi connectivity index (χ4v) is 3.56. The van der Waals surface area contributed by atoms with E-state index in [2.05, 4.69) is 22.8 Å². The molecule has 25 heavy (non-hydrogen) atoms. The van der Waals surface area contributed by atoms with Crippen LogP contribution in [0.15, 0.2) is 24.3 Å². The summed E-state index contributed by atoms with van der Waals surface area (Å²) in [4.78, 5) is 12.4. The Labute approximate surface area is 151 Å². The van der Waals surface area contributed by atoms with E-state index in [1.807, 2.05) is 26.0 Å². The van der Waals surface area contributed by atoms with Crippen molar-refractivity contribution in [2.24, 2.45) is 5.41 Å². The van der Waals surface area contributed by atoms with Crippen molar-refractivity contribution in [2.75, 3.05) is 33.9 Å². The molecule has 2 rings (SSSR count). The molecule has 0 saturated carbocycles. The van der Waals surface area contributed by atoms with Crippen molar-refractivity contribution < 1.29 is 14.3 Å². The number of ether oxygens (including phenoxy) is 2. The first-order valence-corrected chi connectivity index (χ1v) is 9.11. The van der Waals surface area contributed by atoms with Crippen molar-refractivity contribution >= 4 is 5.91 Å². The lowest BCUT2D eigenvalue weighted by molar-refractivity contribution is -0.130. The number of rotatable bonds is 8. The Morgan fingerprint density at radius 2 is 2.00 bits per heavy atom. The van der Waals surface area contributed by atoms with Gasteiger partial charge < -0.3 is 20.1 Å². The van der Waals surface area contributed by atoms with Gasteiger partial charge in [-0.2, -0.15) is 0 Å². The van der Waals surface area contributed by atoms with Crippen molar-refractivity contribution in [3.63, 3.8) is 0 Å². The van der Waals surface area contributed by atoms with E-state index < -0.39 is 5.41 Å². The third-order valence-corrected chi connectivity index (χ3v) is 5.05. The van der Waals surface area contributed by atoms with Crippen molar-refractivity contribution in [1.82, 2.24) is 10.6 Å². The maximum atomic E-state index is 12.4. The second-order valence-electron chi connectivity index (χ2n) is 7.48. The normalized spacial score (nSPS) is 21.0. The Morgan fingerprint density at radius 1 is 1.28 bits per heavy atom. The lowest BCUT2D eigenvalue weighted by Gasteiger charge is -2.35. The van der Waals surface area contributed by atoms with Crippen molar-refractivity contribution in [3.8, 4) is 5.75 Å².